The Kier molecular flexibility index (Phi) is 11.6. The molecule has 13 rings (SSSR count). The second-order valence-corrected chi connectivity index (χ2v) is 22.2. The van der Waals surface area contributed by atoms with Crippen LogP contribution in [0, 0.1) is 0 Å². The average Bonchev–Trinajstić information content (AvgIpc) is 3.73. The number of allylic oxidation sites excluding steroid dienone is 2. The zero-order valence-corrected chi connectivity index (χ0v) is 43.7. The van der Waals surface area contributed by atoms with Gasteiger partial charge in [-0.2, -0.15) is 0 Å². The van der Waals surface area contributed by atoms with Crippen molar-refractivity contribution >= 4 is 77.4 Å². The molecule has 2 amide bonds. The van der Waals surface area contributed by atoms with E-state index in [0.717, 1.165) is 90.1 Å². The summed E-state index contributed by atoms with van der Waals surface area (Å²) in [5.41, 5.74) is 8.94. The highest BCUT2D eigenvalue weighted by Crippen LogP contribution is 2.56. The lowest BCUT2D eigenvalue weighted by molar-refractivity contribution is -0.121. The molecule has 0 bridgehead atoms. The van der Waals surface area contributed by atoms with Gasteiger partial charge in [-0.05, 0) is 102 Å². The first-order valence-electron chi connectivity index (χ1n) is 26.4. The van der Waals surface area contributed by atoms with E-state index >= 15 is 4.79 Å². The smallest absolute Gasteiger partial charge is 0.233 e. The molecular formula is C63H54N6O8S. The summed E-state index contributed by atoms with van der Waals surface area (Å²) in [7, 11) is -3.63. The van der Waals surface area contributed by atoms with Gasteiger partial charge in [0.05, 0.1) is 41.7 Å². The van der Waals surface area contributed by atoms with Gasteiger partial charge in [0.1, 0.15) is 17.3 Å². The zero-order valence-electron chi connectivity index (χ0n) is 42.9. The summed E-state index contributed by atoms with van der Waals surface area (Å²) in [6.45, 7) is 3.26. The van der Waals surface area contributed by atoms with Gasteiger partial charge in [0.25, 0.3) is 0 Å². The van der Waals surface area contributed by atoms with E-state index in [2.05, 4.69) is 57.7 Å². The summed E-state index contributed by atoms with van der Waals surface area (Å²) in [6.07, 6.45) is 3.84. The van der Waals surface area contributed by atoms with Crippen molar-refractivity contribution in [3.8, 4) is 33.8 Å². The van der Waals surface area contributed by atoms with Gasteiger partial charge < -0.3 is 35.8 Å². The van der Waals surface area contributed by atoms with Crippen LogP contribution in [0.3, 0.4) is 0 Å². The number of carbonyl (C=O) groups excluding carboxylic acids is 3. The molecule has 2 unspecified atom stereocenters. The monoisotopic (exact) mass is 1050 g/mol. The highest BCUT2D eigenvalue weighted by Gasteiger charge is 2.49. The second-order valence-electron chi connectivity index (χ2n) is 20.5. The van der Waals surface area contributed by atoms with E-state index in [9.17, 15) is 23.1 Å². The number of ether oxygens (including phenoxy) is 2. The van der Waals surface area contributed by atoms with Crippen LogP contribution in [0.5, 0.6) is 11.5 Å². The number of nitrogens with zero attached hydrogens (tertiary/aromatic N) is 1. The molecule has 5 aliphatic rings. The van der Waals surface area contributed by atoms with Crippen molar-refractivity contribution in [1.82, 2.24) is 10.0 Å². The Morgan fingerprint density at radius 1 is 0.603 bits per heavy atom. The molecule has 2 atom stereocenters. The van der Waals surface area contributed by atoms with Gasteiger partial charge in [-0.1, -0.05) is 109 Å². The molecule has 15 heteroatoms. The lowest BCUT2D eigenvalue weighted by Gasteiger charge is -2.41. The summed E-state index contributed by atoms with van der Waals surface area (Å²) in [6, 6.07) is 48.3. The number of unbranched alkanes of at least 4 members (excludes halogenated alkanes) is 2. The van der Waals surface area contributed by atoms with E-state index in [4.69, 9.17) is 14.5 Å². The minimum atomic E-state index is -3.63. The van der Waals surface area contributed by atoms with Crippen molar-refractivity contribution in [1.29, 1.82) is 0 Å². The molecule has 0 aromatic heterocycles. The number of benzene rings is 8. The molecule has 8 aromatic rings. The van der Waals surface area contributed by atoms with E-state index in [1.807, 2.05) is 121 Å². The molecule has 8 aromatic carbocycles. The number of nitrogens with one attached hydrogen (secondary N) is 5. The highest BCUT2D eigenvalue weighted by atomic mass is 32.2. The number of carbonyl (C=O) groups is 3. The molecule has 2 spiro atoms. The quantitative estimate of drug-likeness (QED) is 0.0535. The summed E-state index contributed by atoms with van der Waals surface area (Å²) in [5, 5.41) is 31.8. The Morgan fingerprint density at radius 2 is 1.19 bits per heavy atom. The molecule has 3 aliphatic carbocycles. The average molecular weight is 1060 g/mol. The third kappa shape index (κ3) is 7.85. The minimum Gasteiger partial charge on any atom is -0.506 e. The van der Waals surface area contributed by atoms with Gasteiger partial charge >= 0.3 is 0 Å². The molecule has 6 N–H and O–H groups in total. The van der Waals surface area contributed by atoms with Crippen molar-refractivity contribution in [2.75, 3.05) is 42.0 Å². The van der Waals surface area contributed by atoms with Crippen LogP contribution >= 0.6 is 0 Å². The van der Waals surface area contributed by atoms with E-state index in [0.29, 0.717) is 78.8 Å². The Hall–Kier alpha value is -8.95. The standard InChI is InChI=1S/C63H54N6O8S/c1-3-64-52(70)22-8-10-32-76-38-26-30-42-40-16-4-6-18-46(40)62(48(42)34-38)65-50-20-12-14-36-24-28-44(58(67-62)54(36)50)56-60(72)57(61(56)73)45-29-25-37-15-13-21-51-55(37)59(45)68-63(66-51)47-19-7-5-17-41(47)43-31-27-39(35-49(43)63)77-33-11-9-23-53(71)69-78(2,74)75/h4-7,12-21,24-31,34-35,65-67,72H,3,8-11,22-23,32-33H2,1-2H3,(H,64,70)(H,69,71). The Morgan fingerprint density at radius 3 is 1.88 bits per heavy atom. The van der Waals surface area contributed by atoms with Crippen molar-refractivity contribution in [2.24, 2.45) is 4.99 Å². The zero-order chi connectivity index (χ0) is 53.5. The molecule has 2 heterocycles. The van der Waals surface area contributed by atoms with Crippen LogP contribution in [-0.4, -0.2) is 57.1 Å². The van der Waals surface area contributed by atoms with E-state index in [1.165, 1.54) is 0 Å². The van der Waals surface area contributed by atoms with Crippen molar-refractivity contribution in [2.45, 2.75) is 56.8 Å². The molecule has 0 radical (unpaired) electrons. The number of ketones is 1. The number of anilines is 3. The van der Waals surface area contributed by atoms with Crippen LogP contribution in [0.2, 0.25) is 0 Å². The first kappa shape index (κ1) is 48.7. The van der Waals surface area contributed by atoms with Gasteiger partial charge in [0.15, 0.2) is 11.3 Å². The number of sulfonamides is 1. The number of amides is 2. The van der Waals surface area contributed by atoms with Crippen LogP contribution in [-0.2, 0) is 35.7 Å². The largest absolute Gasteiger partial charge is 0.506 e. The molecule has 2 aliphatic heterocycles. The predicted molar refractivity (Wildman–Crippen MR) is 303 cm³/mol. The molecule has 78 heavy (non-hydrogen) atoms. The third-order valence-electron chi connectivity index (χ3n) is 15.6. The van der Waals surface area contributed by atoms with Gasteiger partial charge in [0, 0.05) is 74.6 Å². The third-order valence-corrected chi connectivity index (χ3v) is 16.2. The molecule has 0 fully saturated rings. The predicted octanol–water partition coefficient (Wildman–Crippen LogP) is 9.65. The molecular weight excluding hydrogens is 1000 g/mol. The lowest BCUT2D eigenvalue weighted by atomic mass is 9.79. The fourth-order valence-corrected chi connectivity index (χ4v) is 12.7. The maximum atomic E-state index is 15.3. The summed E-state index contributed by atoms with van der Waals surface area (Å²) in [4.78, 5) is 45.2. The van der Waals surface area contributed by atoms with Crippen LogP contribution in [0.4, 0.5) is 17.1 Å². The van der Waals surface area contributed by atoms with E-state index < -0.39 is 27.3 Å². The molecule has 390 valence electrons. The first-order chi connectivity index (χ1) is 37.9. The minimum absolute atomic E-state index is 0.0381. The SMILES string of the molecule is CCNC(=O)CCCCOc1ccc2c(c1)C1(Nc3cccc4ccc(C5=C(O)C(=c6ccc7cccc8c7c6=NC6(N8)c7ccccc7-c7ccc(OCCCCC(=O)NS(C)(=O)=O)cc76)C5=O)c(c34)N1)c1ccccc1-2. The number of hydrogen-bond donors (Lipinski definition) is 6. The maximum absolute atomic E-state index is 15.3. The Labute approximate surface area is 450 Å². The van der Waals surface area contributed by atoms with E-state index in [1.54, 1.807) is 0 Å². The lowest BCUT2D eigenvalue weighted by Crippen LogP contribution is -2.45. The van der Waals surface area contributed by atoms with E-state index in [-0.39, 0.29) is 35.0 Å². The first-order valence-corrected chi connectivity index (χ1v) is 28.3. The van der Waals surface area contributed by atoms with Gasteiger partial charge in [-0.3, -0.25) is 19.1 Å². The number of fused-ring (bicyclic) bond motifs is 10. The van der Waals surface area contributed by atoms with Crippen molar-refractivity contribution in [3.05, 3.63) is 190 Å². The van der Waals surface area contributed by atoms with Crippen LogP contribution in [0.25, 0.3) is 54.9 Å². The number of hydrogen-bond acceptors (Lipinski definition) is 12. The van der Waals surface area contributed by atoms with Gasteiger partial charge in [-0.15, -0.1) is 0 Å². The van der Waals surface area contributed by atoms with Crippen LogP contribution in [0.15, 0.2) is 156 Å². The van der Waals surface area contributed by atoms with Crippen LogP contribution in [0.1, 0.15) is 73.3 Å². The van der Waals surface area contributed by atoms with Gasteiger partial charge in [0.2, 0.25) is 27.6 Å². The molecule has 0 saturated carbocycles. The summed E-state index contributed by atoms with van der Waals surface area (Å²) >= 11 is 0. The molecule has 14 nitrogen and oxygen atoms in total. The normalized spacial score (nSPS) is 18.5. The van der Waals surface area contributed by atoms with Crippen LogP contribution < -0.4 is 46.0 Å². The Balaban J connectivity index is 0.896. The summed E-state index contributed by atoms with van der Waals surface area (Å²) < 4.78 is 37.7. The fourth-order valence-electron chi connectivity index (χ4n) is 12.2. The number of aliphatic hydroxyl groups is 1. The topological polar surface area (TPSA) is 197 Å². The van der Waals surface area contributed by atoms with Gasteiger partial charge in [-0.25, -0.2) is 13.4 Å². The maximum Gasteiger partial charge on any atom is 0.233 e. The number of rotatable bonds is 15. The highest BCUT2D eigenvalue weighted by molar-refractivity contribution is 7.89. The van der Waals surface area contributed by atoms with Crippen molar-refractivity contribution in [3.63, 3.8) is 0 Å². The summed E-state index contributed by atoms with van der Waals surface area (Å²) in [5.74, 6) is 0.344. The second kappa shape index (κ2) is 18.7. The number of aliphatic hydroxyl groups excluding tert-OH is 1. The number of Topliss-reactive ketones (excluding diaryl/α,β-unsaturated/α-hetero) is 1. The fraction of sp³-hybridized carbons (Fsp3) is 0.206. The molecule has 0 saturated heterocycles. The Bertz CT molecular complexity index is 4210. The van der Waals surface area contributed by atoms with Crippen molar-refractivity contribution < 1.29 is 37.4 Å².